The van der Waals surface area contributed by atoms with E-state index in [-0.39, 0.29) is 6.54 Å². The van der Waals surface area contributed by atoms with E-state index in [0.717, 1.165) is 49.3 Å². The van der Waals surface area contributed by atoms with E-state index >= 15 is 0 Å². The fourth-order valence-electron chi connectivity index (χ4n) is 3.64. The van der Waals surface area contributed by atoms with Crippen LogP contribution in [0.3, 0.4) is 0 Å². The van der Waals surface area contributed by atoms with Crippen molar-refractivity contribution in [1.29, 1.82) is 0 Å². The lowest BCUT2D eigenvalue weighted by atomic mass is 10.2. The van der Waals surface area contributed by atoms with E-state index in [1.807, 2.05) is 24.3 Å². The van der Waals surface area contributed by atoms with Gasteiger partial charge in [-0.15, -0.1) is 0 Å². The molecule has 6 nitrogen and oxygen atoms in total. The lowest BCUT2D eigenvalue weighted by molar-refractivity contribution is 0.542. The second-order valence-corrected chi connectivity index (χ2v) is 9.02. The van der Waals surface area contributed by atoms with Crippen LogP contribution >= 0.6 is 0 Å². The Kier molecular flexibility index (Phi) is 5.92. The molecule has 0 radical (unpaired) electrons. The highest BCUT2D eigenvalue weighted by Crippen LogP contribution is 2.26. The highest BCUT2D eigenvalue weighted by molar-refractivity contribution is 7.89. The Balaban J connectivity index is 1.64. The number of anilines is 1. The number of para-hydroxylation sites is 1. The minimum absolute atomic E-state index is 0.204. The number of fused-ring (bicyclic) bond motifs is 1. The van der Waals surface area contributed by atoms with Crippen molar-refractivity contribution in [3.63, 3.8) is 0 Å². The van der Waals surface area contributed by atoms with Gasteiger partial charge in [-0.2, -0.15) is 0 Å². The number of hydrogen-bond donors (Lipinski definition) is 1. The molecular formula is C21H22F2N4O2S. The van der Waals surface area contributed by atoms with Gasteiger partial charge in [0.15, 0.2) is 0 Å². The Bertz CT molecular complexity index is 1160. The van der Waals surface area contributed by atoms with E-state index in [1.165, 1.54) is 12.8 Å². The van der Waals surface area contributed by atoms with Gasteiger partial charge in [0.2, 0.25) is 10.0 Å². The number of sulfonamides is 1. The molecule has 30 heavy (non-hydrogen) atoms. The van der Waals surface area contributed by atoms with Crippen molar-refractivity contribution in [3.8, 4) is 0 Å². The highest BCUT2D eigenvalue weighted by atomic mass is 32.2. The van der Waals surface area contributed by atoms with Gasteiger partial charge < -0.3 is 4.90 Å². The van der Waals surface area contributed by atoms with Crippen molar-refractivity contribution in [2.45, 2.75) is 37.1 Å². The summed E-state index contributed by atoms with van der Waals surface area (Å²) in [4.78, 5) is 10.7. The molecule has 3 aromatic rings. The van der Waals surface area contributed by atoms with Gasteiger partial charge in [-0.1, -0.05) is 25.0 Å². The molecule has 4 rings (SSSR count). The van der Waals surface area contributed by atoms with E-state index in [9.17, 15) is 17.2 Å². The summed E-state index contributed by atoms with van der Waals surface area (Å²) in [6.45, 7) is 1.56. The zero-order valence-corrected chi connectivity index (χ0v) is 17.1. The molecule has 1 aromatic heterocycles. The van der Waals surface area contributed by atoms with Crippen LogP contribution in [-0.4, -0.2) is 31.5 Å². The topological polar surface area (TPSA) is 75.2 Å². The molecule has 0 atom stereocenters. The van der Waals surface area contributed by atoms with Gasteiger partial charge in [0.1, 0.15) is 28.2 Å². The maximum atomic E-state index is 13.9. The molecular weight excluding hydrogens is 410 g/mol. The van der Waals surface area contributed by atoms with Gasteiger partial charge in [-0.25, -0.2) is 31.9 Å². The summed E-state index contributed by atoms with van der Waals surface area (Å²) >= 11 is 0. The number of nitrogens with zero attached hydrogens (tertiary/aromatic N) is 3. The van der Waals surface area contributed by atoms with Crippen LogP contribution in [0.5, 0.6) is 0 Å². The molecule has 2 heterocycles. The molecule has 158 valence electrons. The number of hydrogen-bond acceptors (Lipinski definition) is 5. The molecule has 0 spiro atoms. The Morgan fingerprint density at radius 3 is 2.43 bits per heavy atom. The molecule has 9 heteroatoms. The summed E-state index contributed by atoms with van der Waals surface area (Å²) in [5, 5.41) is 0.913. The predicted molar refractivity (Wildman–Crippen MR) is 111 cm³/mol. The maximum absolute atomic E-state index is 13.9. The van der Waals surface area contributed by atoms with Gasteiger partial charge in [-0.3, -0.25) is 0 Å². The summed E-state index contributed by atoms with van der Waals surface area (Å²) in [6, 6.07) is 9.94. The quantitative estimate of drug-likeness (QED) is 0.664. The minimum Gasteiger partial charge on any atom is -0.356 e. The van der Waals surface area contributed by atoms with Gasteiger partial charge in [-0.05, 0) is 37.1 Å². The second kappa shape index (κ2) is 8.61. The summed E-state index contributed by atoms with van der Waals surface area (Å²) in [5.41, 5.74) is 0.717. The third-order valence-electron chi connectivity index (χ3n) is 5.14. The average Bonchev–Trinajstić information content (AvgIpc) is 3.01. The van der Waals surface area contributed by atoms with Crippen molar-refractivity contribution in [2.75, 3.05) is 18.0 Å². The zero-order chi connectivity index (χ0) is 21.1. The Morgan fingerprint density at radius 2 is 1.70 bits per heavy atom. The van der Waals surface area contributed by atoms with Crippen LogP contribution in [0.1, 0.15) is 31.5 Å². The van der Waals surface area contributed by atoms with Crippen molar-refractivity contribution in [2.24, 2.45) is 0 Å². The number of halogens is 2. The fourth-order valence-corrected chi connectivity index (χ4v) is 4.68. The first kappa shape index (κ1) is 20.6. The Morgan fingerprint density at radius 1 is 0.967 bits per heavy atom. The molecule has 0 aliphatic carbocycles. The fraction of sp³-hybridized carbons (Fsp3) is 0.333. The predicted octanol–water partition coefficient (Wildman–Crippen LogP) is 3.77. The summed E-state index contributed by atoms with van der Waals surface area (Å²) in [6.07, 6.45) is 4.50. The molecule has 1 aliphatic heterocycles. The first-order valence-corrected chi connectivity index (χ1v) is 11.4. The van der Waals surface area contributed by atoms with Crippen molar-refractivity contribution in [3.05, 3.63) is 59.9 Å². The van der Waals surface area contributed by atoms with Crippen LogP contribution in [-0.2, 0) is 16.6 Å². The second-order valence-electron chi connectivity index (χ2n) is 7.28. The zero-order valence-electron chi connectivity index (χ0n) is 16.3. The lowest BCUT2D eigenvalue weighted by Crippen LogP contribution is -2.28. The van der Waals surface area contributed by atoms with E-state index in [4.69, 9.17) is 0 Å². The third kappa shape index (κ3) is 4.41. The highest BCUT2D eigenvalue weighted by Gasteiger charge is 2.21. The molecule has 0 bridgehead atoms. The molecule has 1 N–H and O–H groups in total. The van der Waals surface area contributed by atoms with Crippen molar-refractivity contribution >= 4 is 26.7 Å². The van der Waals surface area contributed by atoms with Gasteiger partial charge in [0.25, 0.3) is 0 Å². The molecule has 2 aromatic carbocycles. The van der Waals surface area contributed by atoms with E-state index in [0.29, 0.717) is 17.4 Å². The Hall–Kier alpha value is -2.65. The average molecular weight is 432 g/mol. The molecule has 0 saturated carbocycles. The molecule has 1 saturated heterocycles. The van der Waals surface area contributed by atoms with Crippen molar-refractivity contribution < 1.29 is 17.2 Å². The standard InChI is InChI=1S/C21H22F2N4O2S/c22-15-9-10-19(17(23)13-15)30(28,29)24-14-20-25-18-8-4-3-7-16(18)21(26-20)27-11-5-1-2-6-12-27/h3-4,7-10,13,24H,1-2,5-6,11-12,14H2. The van der Waals surface area contributed by atoms with Crippen LogP contribution in [0, 0.1) is 11.6 Å². The smallest absolute Gasteiger partial charge is 0.243 e. The largest absolute Gasteiger partial charge is 0.356 e. The van der Waals surface area contributed by atoms with E-state index < -0.39 is 26.6 Å². The number of rotatable bonds is 5. The lowest BCUT2D eigenvalue weighted by Gasteiger charge is -2.23. The number of nitrogens with one attached hydrogen (secondary N) is 1. The third-order valence-corrected chi connectivity index (χ3v) is 6.57. The van der Waals surface area contributed by atoms with Crippen LogP contribution in [0.2, 0.25) is 0 Å². The molecule has 1 aliphatic rings. The first-order valence-electron chi connectivity index (χ1n) is 9.89. The Labute approximate surface area is 174 Å². The van der Waals surface area contributed by atoms with E-state index in [1.54, 1.807) is 0 Å². The molecule has 0 unspecified atom stereocenters. The van der Waals surface area contributed by atoms with Gasteiger partial charge >= 0.3 is 0 Å². The van der Waals surface area contributed by atoms with Gasteiger partial charge in [0, 0.05) is 24.5 Å². The van der Waals surface area contributed by atoms with E-state index in [2.05, 4.69) is 19.6 Å². The molecule has 1 fully saturated rings. The summed E-state index contributed by atoms with van der Waals surface area (Å²) < 4.78 is 54.3. The van der Waals surface area contributed by atoms with Crippen LogP contribution in [0.15, 0.2) is 47.4 Å². The summed E-state index contributed by atoms with van der Waals surface area (Å²) in [5.74, 6) is -0.915. The van der Waals surface area contributed by atoms with Crippen LogP contribution in [0.25, 0.3) is 10.9 Å². The summed E-state index contributed by atoms with van der Waals surface area (Å²) in [7, 11) is -4.19. The monoisotopic (exact) mass is 432 g/mol. The normalized spacial score (nSPS) is 15.3. The van der Waals surface area contributed by atoms with Gasteiger partial charge in [0.05, 0.1) is 12.1 Å². The minimum atomic E-state index is -4.19. The SMILES string of the molecule is O=S(=O)(NCc1nc(N2CCCCCC2)c2ccccc2n1)c1ccc(F)cc1F. The van der Waals surface area contributed by atoms with Crippen molar-refractivity contribution in [1.82, 2.24) is 14.7 Å². The van der Waals surface area contributed by atoms with Crippen LogP contribution < -0.4 is 9.62 Å². The number of benzene rings is 2. The molecule has 0 amide bonds. The van der Waals surface area contributed by atoms with Crippen LogP contribution in [0.4, 0.5) is 14.6 Å². The maximum Gasteiger partial charge on any atom is 0.243 e. The first-order chi connectivity index (χ1) is 14.4. The number of aromatic nitrogens is 2.